The Morgan fingerprint density at radius 3 is 2.45 bits per heavy atom. The summed E-state index contributed by atoms with van der Waals surface area (Å²) in [5.74, 6) is -1.68. The van der Waals surface area contributed by atoms with E-state index in [1.54, 1.807) is 24.0 Å². The first kappa shape index (κ1) is 24.4. The Hall–Kier alpha value is -3.29. The second-order valence-electron chi connectivity index (χ2n) is 8.81. The second-order valence-corrected chi connectivity index (χ2v) is 8.81. The first-order valence-electron chi connectivity index (χ1n) is 10.5. The highest BCUT2D eigenvalue weighted by molar-refractivity contribution is 5.99. The second kappa shape index (κ2) is 8.57. The number of halogens is 3. The van der Waals surface area contributed by atoms with Crippen molar-refractivity contribution in [2.45, 2.75) is 52.8 Å². The normalized spacial score (nSPS) is 15.9. The number of carboxylic acid groups (broad SMARTS) is 1. The molecule has 1 aliphatic rings. The van der Waals surface area contributed by atoms with Crippen LogP contribution in [0.15, 0.2) is 36.4 Å². The Morgan fingerprint density at radius 1 is 1.21 bits per heavy atom. The predicted molar refractivity (Wildman–Crippen MR) is 120 cm³/mol. The number of aryl methyl sites for hydroxylation is 1. The fourth-order valence-electron chi connectivity index (χ4n) is 4.27. The molecule has 2 aromatic carbocycles. The summed E-state index contributed by atoms with van der Waals surface area (Å²) >= 11 is 0. The molecular weight excluding hydrogens is 435 g/mol. The number of nitrogens with zero attached hydrogens (tertiary/aromatic N) is 1. The van der Waals surface area contributed by atoms with E-state index in [9.17, 15) is 22.8 Å². The van der Waals surface area contributed by atoms with Crippen LogP contribution in [0.2, 0.25) is 0 Å². The molecule has 176 valence electrons. The van der Waals surface area contributed by atoms with E-state index in [0.29, 0.717) is 29.8 Å². The summed E-state index contributed by atoms with van der Waals surface area (Å²) in [4.78, 5) is 25.3. The third-order valence-electron chi connectivity index (χ3n) is 5.87. The zero-order valence-electron chi connectivity index (χ0n) is 19.1. The van der Waals surface area contributed by atoms with Gasteiger partial charge in [0.25, 0.3) is 0 Å². The van der Waals surface area contributed by atoms with Crippen LogP contribution in [0, 0.1) is 6.92 Å². The largest absolute Gasteiger partial charge is 0.573 e. The lowest BCUT2D eigenvalue weighted by Gasteiger charge is -2.39. The molecule has 0 unspecified atom stereocenters. The summed E-state index contributed by atoms with van der Waals surface area (Å²) in [7, 11) is 0. The van der Waals surface area contributed by atoms with Gasteiger partial charge >= 0.3 is 12.3 Å². The van der Waals surface area contributed by atoms with E-state index < -0.39 is 23.5 Å². The van der Waals surface area contributed by atoms with Gasteiger partial charge in [-0.15, -0.1) is 13.2 Å². The first-order valence-corrected chi connectivity index (χ1v) is 10.5. The van der Waals surface area contributed by atoms with Crippen LogP contribution in [-0.2, 0) is 15.0 Å². The highest BCUT2D eigenvalue weighted by Gasteiger charge is 2.37. The molecule has 0 radical (unpaired) electrons. The molecular formula is C25H26F3NO4. The van der Waals surface area contributed by atoms with E-state index in [1.165, 1.54) is 19.1 Å². The van der Waals surface area contributed by atoms with Gasteiger partial charge in [0.15, 0.2) is 0 Å². The Bertz CT molecular complexity index is 1150. The van der Waals surface area contributed by atoms with Crippen molar-refractivity contribution in [2.75, 3.05) is 11.4 Å². The third kappa shape index (κ3) is 5.05. The van der Waals surface area contributed by atoms with Gasteiger partial charge < -0.3 is 14.7 Å². The molecule has 0 saturated heterocycles. The lowest BCUT2D eigenvalue weighted by atomic mass is 9.75. The fraction of sp³-hybridized carbons (Fsp3) is 0.360. The Labute approximate surface area is 190 Å². The van der Waals surface area contributed by atoms with E-state index in [0.717, 1.165) is 17.2 Å². The van der Waals surface area contributed by atoms with Crippen molar-refractivity contribution in [3.05, 3.63) is 53.1 Å². The maximum Gasteiger partial charge on any atom is 0.573 e. The van der Waals surface area contributed by atoms with Crippen molar-refractivity contribution < 1.29 is 32.6 Å². The van der Waals surface area contributed by atoms with Crippen molar-refractivity contribution >= 4 is 23.1 Å². The summed E-state index contributed by atoms with van der Waals surface area (Å²) in [5.41, 5.74) is 3.24. The molecule has 0 saturated carbocycles. The maximum absolute atomic E-state index is 13.2. The minimum atomic E-state index is -4.94. The molecule has 1 heterocycles. The van der Waals surface area contributed by atoms with E-state index in [2.05, 4.69) is 4.74 Å². The molecule has 0 aromatic heterocycles. The Morgan fingerprint density at radius 2 is 1.88 bits per heavy atom. The van der Waals surface area contributed by atoms with Crippen LogP contribution < -0.4 is 9.64 Å². The van der Waals surface area contributed by atoms with E-state index in [4.69, 9.17) is 5.11 Å². The molecule has 0 spiro atoms. The van der Waals surface area contributed by atoms with Crippen molar-refractivity contribution in [1.29, 1.82) is 0 Å². The van der Waals surface area contributed by atoms with Gasteiger partial charge in [-0.25, -0.2) is 4.79 Å². The molecule has 0 fully saturated rings. The minimum Gasteiger partial charge on any atom is -0.478 e. The van der Waals surface area contributed by atoms with Crippen LogP contribution in [0.4, 0.5) is 18.9 Å². The molecule has 1 amide bonds. The van der Waals surface area contributed by atoms with E-state index in [-0.39, 0.29) is 17.0 Å². The van der Waals surface area contributed by atoms with Crippen molar-refractivity contribution in [3.63, 3.8) is 0 Å². The van der Waals surface area contributed by atoms with Gasteiger partial charge in [0, 0.05) is 35.7 Å². The number of anilines is 1. The molecule has 5 nitrogen and oxygen atoms in total. The number of aliphatic carboxylic acids is 1. The molecule has 0 bridgehead atoms. The van der Waals surface area contributed by atoms with Gasteiger partial charge in [-0.05, 0) is 60.7 Å². The summed E-state index contributed by atoms with van der Waals surface area (Å²) in [6, 6.07) is 7.88. The minimum absolute atomic E-state index is 0.0404. The molecule has 33 heavy (non-hydrogen) atoms. The number of amides is 1. The average Bonchev–Trinajstić information content (AvgIpc) is 2.66. The van der Waals surface area contributed by atoms with Gasteiger partial charge in [0.2, 0.25) is 5.91 Å². The number of carboxylic acids is 1. The zero-order valence-corrected chi connectivity index (χ0v) is 19.1. The van der Waals surface area contributed by atoms with Crippen LogP contribution >= 0.6 is 0 Å². The number of ether oxygens (including phenoxy) is 1. The number of allylic oxidation sites excluding steroid dienone is 1. The highest BCUT2D eigenvalue weighted by atomic mass is 19.4. The predicted octanol–water partition coefficient (Wildman–Crippen LogP) is 6.08. The summed E-state index contributed by atoms with van der Waals surface area (Å²) in [6.45, 7) is 9.54. The van der Waals surface area contributed by atoms with Gasteiger partial charge in [-0.1, -0.05) is 32.0 Å². The lowest BCUT2D eigenvalue weighted by molar-refractivity contribution is -0.274. The molecule has 8 heteroatoms. The summed E-state index contributed by atoms with van der Waals surface area (Å²) in [5, 5.41) is 8.97. The standard InChI is InChI=1S/C25H26F3NO4/c1-6-29-20-12-18(15(3)9-19(20)24(4,5)13-22(29)30)17-8-7-16(14(2)10-23(31)32)11-21(17)33-25(26,27)28/h7-12H,6,13H2,1-5H3,(H,31,32). The first-order chi connectivity index (χ1) is 15.2. The SMILES string of the molecule is CCN1C(=O)CC(C)(C)c2cc(C)c(-c3ccc(C(C)=CC(=O)O)cc3OC(F)(F)F)cc21. The number of rotatable bonds is 5. The topological polar surface area (TPSA) is 66.8 Å². The monoisotopic (exact) mass is 461 g/mol. The third-order valence-corrected chi connectivity index (χ3v) is 5.87. The van der Waals surface area contributed by atoms with Crippen LogP contribution in [0.25, 0.3) is 16.7 Å². The van der Waals surface area contributed by atoms with Gasteiger partial charge in [0.1, 0.15) is 5.75 Å². The molecule has 1 aliphatic heterocycles. The number of benzene rings is 2. The summed E-state index contributed by atoms with van der Waals surface area (Å²) < 4.78 is 44.1. The lowest BCUT2D eigenvalue weighted by Crippen LogP contribution is -2.41. The maximum atomic E-state index is 13.2. The van der Waals surface area contributed by atoms with Crippen molar-refractivity contribution in [1.82, 2.24) is 0 Å². The fourth-order valence-corrected chi connectivity index (χ4v) is 4.27. The zero-order chi connectivity index (χ0) is 24.7. The van der Waals surface area contributed by atoms with Crippen LogP contribution in [0.3, 0.4) is 0 Å². The number of alkyl halides is 3. The average molecular weight is 461 g/mol. The van der Waals surface area contributed by atoms with Crippen LogP contribution in [0.5, 0.6) is 5.75 Å². The van der Waals surface area contributed by atoms with Crippen LogP contribution in [0.1, 0.15) is 50.8 Å². The molecule has 0 atom stereocenters. The van der Waals surface area contributed by atoms with E-state index in [1.807, 2.05) is 26.8 Å². The van der Waals surface area contributed by atoms with Crippen molar-refractivity contribution in [3.8, 4) is 16.9 Å². The molecule has 3 rings (SSSR count). The number of carbonyl (C=O) groups is 2. The van der Waals surface area contributed by atoms with Crippen LogP contribution in [-0.4, -0.2) is 29.9 Å². The summed E-state index contributed by atoms with van der Waals surface area (Å²) in [6.07, 6.45) is -3.67. The Kier molecular flexibility index (Phi) is 6.33. The molecule has 0 aliphatic carbocycles. The number of hydrogen-bond acceptors (Lipinski definition) is 3. The van der Waals surface area contributed by atoms with Gasteiger partial charge in [-0.2, -0.15) is 0 Å². The van der Waals surface area contributed by atoms with E-state index >= 15 is 0 Å². The molecule has 1 N–H and O–H groups in total. The van der Waals surface area contributed by atoms with Crippen molar-refractivity contribution in [2.24, 2.45) is 0 Å². The molecule has 2 aromatic rings. The number of carbonyl (C=O) groups excluding carboxylic acids is 1. The van der Waals surface area contributed by atoms with Gasteiger partial charge in [-0.3, -0.25) is 4.79 Å². The number of fused-ring (bicyclic) bond motifs is 1. The highest BCUT2D eigenvalue weighted by Crippen LogP contribution is 2.45. The smallest absolute Gasteiger partial charge is 0.478 e. The van der Waals surface area contributed by atoms with Gasteiger partial charge in [0.05, 0.1) is 0 Å². The number of hydrogen-bond donors (Lipinski definition) is 1. The Balaban J connectivity index is 2.24. The quantitative estimate of drug-likeness (QED) is 0.548.